The van der Waals surface area contributed by atoms with Crippen LogP contribution in [0, 0.1) is 11.8 Å². The summed E-state index contributed by atoms with van der Waals surface area (Å²) in [6.07, 6.45) is -3.39. The number of carboxylic acids is 1. The Balaban J connectivity index is 2.55. The first-order valence-electron chi connectivity index (χ1n) is 5.52. The van der Waals surface area contributed by atoms with Crippen LogP contribution in [-0.4, -0.2) is 29.8 Å². The molecule has 1 aliphatic carbocycles. The van der Waals surface area contributed by atoms with Gasteiger partial charge in [-0.2, -0.15) is 13.2 Å². The van der Waals surface area contributed by atoms with Crippen molar-refractivity contribution in [2.45, 2.75) is 31.9 Å². The third-order valence-electron chi connectivity index (χ3n) is 2.89. The molecule has 8 heteroatoms. The first kappa shape index (κ1) is 14.7. The SMILES string of the molecule is O=C(O)CONC(=O)C1CCCCC1C(F)(F)F. The van der Waals surface area contributed by atoms with Crippen molar-refractivity contribution in [2.24, 2.45) is 11.8 Å². The zero-order chi connectivity index (χ0) is 13.8. The quantitative estimate of drug-likeness (QED) is 0.758. The van der Waals surface area contributed by atoms with Gasteiger partial charge in [-0.15, -0.1) is 0 Å². The number of hydroxylamine groups is 1. The molecular weight excluding hydrogens is 255 g/mol. The van der Waals surface area contributed by atoms with E-state index in [1.54, 1.807) is 5.48 Å². The van der Waals surface area contributed by atoms with Crippen LogP contribution in [0.25, 0.3) is 0 Å². The van der Waals surface area contributed by atoms with Gasteiger partial charge in [0.1, 0.15) is 0 Å². The van der Waals surface area contributed by atoms with Crippen molar-refractivity contribution >= 4 is 11.9 Å². The largest absolute Gasteiger partial charge is 0.479 e. The fourth-order valence-corrected chi connectivity index (χ4v) is 2.08. The molecule has 0 aromatic carbocycles. The summed E-state index contributed by atoms with van der Waals surface area (Å²) in [6.45, 7) is -0.783. The van der Waals surface area contributed by atoms with Crippen LogP contribution in [0.3, 0.4) is 0 Å². The lowest BCUT2D eigenvalue weighted by Gasteiger charge is -2.31. The van der Waals surface area contributed by atoms with E-state index >= 15 is 0 Å². The van der Waals surface area contributed by atoms with Gasteiger partial charge < -0.3 is 5.11 Å². The Labute approximate surface area is 101 Å². The van der Waals surface area contributed by atoms with Gasteiger partial charge in [0.05, 0.1) is 11.8 Å². The van der Waals surface area contributed by atoms with E-state index < -0.39 is 36.5 Å². The van der Waals surface area contributed by atoms with Crippen molar-refractivity contribution in [2.75, 3.05) is 6.61 Å². The number of rotatable bonds is 4. The highest BCUT2D eigenvalue weighted by Gasteiger charge is 2.48. The fraction of sp³-hybridized carbons (Fsp3) is 0.800. The minimum atomic E-state index is -4.42. The number of hydrogen-bond acceptors (Lipinski definition) is 3. The normalized spacial score (nSPS) is 24.6. The van der Waals surface area contributed by atoms with Crippen LogP contribution in [-0.2, 0) is 14.4 Å². The van der Waals surface area contributed by atoms with Crippen LogP contribution < -0.4 is 5.48 Å². The highest BCUT2D eigenvalue weighted by atomic mass is 19.4. The maximum absolute atomic E-state index is 12.7. The lowest BCUT2D eigenvalue weighted by atomic mass is 9.78. The summed E-state index contributed by atoms with van der Waals surface area (Å²) in [5.74, 6) is -5.10. The second kappa shape index (κ2) is 6.03. The van der Waals surface area contributed by atoms with E-state index in [0.29, 0.717) is 12.8 Å². The molecule has 1 saturated carbocycles. The number of alkyl halides is 3. The average Bonchev–Trinajstić information content (AvgIpc) is 2.27. The fourth-order valence-electron chi connectivity index (χ4n) is 2.08. The van der Waals surface area contributed by atoms with E-state index in [2.05, 4.69) is 4.84 Å². The van der Waals surface area contributed by atoms with Crippen molar-refractivity contribution in [1.82, 2.24) is 5.48 Å². The van der Waals surface area contributed by atoms with Gasteiger partial charge in [0.2, 0.25) is 5.91 Å². The van der Waals surface area contributed by atoms with E-state index in [-0.39, 0.29) is 12.8 Å². The van der Waals surface area contributed by atoms with E-state index in [1.165, 1.54) is 0 Å². The predicted octanol–water partition coefficient (Wildman–Crippen LogP) is 1.49. The van der Waals surface area contributed by atoms with Gasteiger partial charge in [-0.1, -0.05) is 12.8 Å². The monoisotopic (exact) mass is 269 g/mol. The molecule has 2 atom stereocenters. The molecule has 0 aliphatic heterocycles. The Morgan fingerprint density at radius 2 is 1.89 bits per heavy atom. The van der Waals surface area contributed by atoms with Gasteiger partial charge in [-0.05, 0) is 12.8 Å². The van der Waals surface area contributed by atoms with Crippen LogP contribution in [0.5, 0.6) is 0 Å². The number of amides is 1. The zero-order valence-electron chi connectivity index (χ0n) is 9.50. The molecule has 0 aromatic rings. The van der Waals surface area contributed by atoms with E-state index in [0.717, 1.165) is 0 Å². The Kier molecular flexibility index (Phi) is 4.94. The first-order valence-corrected chi connectivity index (χ1v) is 5.52. The number of aliphatic carboxylic acids is 1. The summed E-state index contributed by atoms with van der Waals surface area (Å²) in [5, 5.41) is 8.26. The Morgan fingerprint density at radius 1 is 1.28 bits per heavy atom. The molecule has 18 heavy (non-hydrogen) atoms. The summed E-state index contributed by atoms with van der Waals surface area (Å²) < 4.78 is 38.1. The van der Waals surface area contributed by atoms with E-state index in [1.807, 2.05) is 0 Å². The number of halogens is 3. The highest BCUT2D eigenvalue weighted by Crippen LogP contribution is 2.41. The first-order chi connectivity index (χ1) is 8.32. The van der Waals surface area contributed by atoms with Gasteiger partial charge in [-0.25, -0.2) is 10.3 Å². The zero-order valence-corrected chi connectivity index (χ0v) is 9.50. The third-order valence-corrected chi connectivity index (χ3v) is 2.89. The Morgan fingerprint density at radius 3 is 2.44 bits per heavy atom. The smallest absolute Gasteiger partial charge is 0.392 e. The Bertz CT molecular complexity index is 319. The molecule has 104 valence electrons. The molecule has 1 amide bonds. The predicted molar refractivity (Wildman–Crippen MR) is 53.2 cm³/mol. The van der Waals surface area contributed by atoms with Crippen molar-refractivity contribution in [3.05, 3.63) is 0 Å². The summed E-state index contributed by atoms with van der Waals surface area (Å²) in [5.41, 5.74) is 1.77. The molecule has 0 heterocycles. The molecule has 0 bridgehead atoms. The van der Waals surface area contributed by atoms with Crippen LogP contribution in [0.2, 0.25) is 0 Å². The molecule has 0 saturated heterocycles. The van der Waals surface area contributed by atoms with Crippen molar-refractivity contribution in [1.29, 1.82) is 0 Å². The molecule has 2 N–H and O–H groups in total. The minimum absolute atomic E-state index is 0.0828. The topological polar surface area (TPSA) is 75.6 Å². The van der Waals surface area contributed by atoms with Gasteiger partial charge in [0.25, 0.3) is 0 Å². The maximum Gasteiger partial charge on any atom is 0.392 e. The van der Waals surface area contributed by atoms with Crippen molar-refractivity contribution in [3.8, 4) is 0 Å². The molecule has 0 aromatic heterocycles. The van der Waals surface area contributed by atoms with Crippen LogP contribution in [0.1, 0.15) is 25.7 Å². The summed E-state index contributed by atoms with van der Waals surface area (Å²) >= 11 is 0. The minimum Gasteiger partial charge on any atom is -0.479 e. The lowest BCUT2D eigenvalue weighted by molar-refractivity contribution is -0.201. The molecule has 2 unspecified atom stereocenters. The van der Waals surface area contributed by atoms with Crippen LogP contribution >= 0.6 is 0 Å². The van der Waals surface area contributed by atoms with Gasteiger partial charge in [-0.3, -0.25) is 9.63 Å². The molecule has 1 fully saturated rings. The van der Waals surface area contributed by atoms with Gasteiger partial charge in [0.15, 0.2) is 6.61 Å². The average molecular weight is 269 g/mol. The van der Waals surface area contributed by atoms with E-state index in [4.69, 9.17) is 5.11 Å². The number of carboxylic acid groups (broad SMARTS) is 1. The van der Waals surface area contributed by atoms with Crippen molar-refractivity contribution < 1.29 is 32.7 Å². The van der Waals surface area contributed by atoms with Crippen LogP contribution in [0.4, 0.5) is 13.2 Å². The summed E-state index contributed by atoms with van der Waals surface area (Å²) in [7, 11) is 0. The molecule has 1 rings (SSSR count). The number of carbonyl (C=O) groups excluding carboxylic acids is 1. The number of carbonyl (C=O) groups is 2. The lowest BCUT2D eigenvalue weighted by Crippen LogP contribution is -2.42. The van der Waals surface area contributed by atoms with Gasteiger partial charge >= 0.3 is 12.1 Å². The Hall–Kier alpha value is -1.31. The molecule has 5 nitrogen and oxygen atoms in total. The maximum atomic E-state index is 12.7. The molecule has 0 radical (unpaired) electrons. The van der Waals surface area contributed by atoms with Crippen LogP contribution in [0.15, 0.2) is 0 Å². The standard InChI is InChI=1S/C10H14F3NO4/c11-10(12,13)7-4-2-1-3-6(7)9(17)14-18-5-8(15)16/h6-7H,1-5H2,(H,14,17)(H,15,16). The summed E-state index contributed by atoms with van der Waals surface area (Å²) in [4.78, 5) is 25.9. The van der Waals surface area contributed by atoms with Crippen molar-refractivity contribution in [3.63, 3.8) is 0 Å². The second-order valence-corrected chi connectivity index (χ2v) is 4.19. The van der Waals surface area contributed by atoms with E-state index in [9.17, 15) is 22.8 Å². The molecule has 0 spiro atoms. The van der Waals surface area contributed by atoms with Gasteiger partial charge in [0, 0.05) is 0 Å². The molecule has 1 aliphatic rings. The second-order valence-electron chi connectivity index (χ2n) is 4.19. The number of nitrogens with one attached hydrogen (secondary N) is 1. The third kappa shape index (κ3) is 4.17. The molecular formula is C10H14F3NO4. The number of hydrogen-bond donors (Lipinski definition) is 2. The highest BCUT2D eigenvalue weighted by molar-refractivity contribution is 5.78. The summed E-state index contributed by atoms with van der Waals surface area (Å²) in [6, 6.07) is 0.